The summed E-state index contributed by atoms with van der Waals surface area (Å²) in [5, 5.41) is 0.785. The fourth-order valence-electron chi connectivity index (χ4n) is 3.31. The van der Waals surface area contributed by atoms with Crippen molar-refractivity contribution in [2.75, 3.05) is 24.3 Å². The number of thiocarbonyl (C=S) groups is 1. The Morgan fingerprint density at radius 2 is 1.88 bits per heavy atom. The molecule has 0 aromatic heterocycles. The third-order valence-electron chi connectivity index (χ3n) is 4.55. The van der Waals surface area contributed by atoms with Gasteiger partial charge < -0.3 is 14.5 Å². The lowest BCUT2D eigenvalue weighted by Crippen LogP contribution is -2.41. The molecule has 0 radical (unpaired) electrons. The molecule has 2 aromatic carbocycles. The van der Waals surface area contributed by atoms with Crippen LogP contribution in [0.15, 0.2) is 53.4 Å². The molecule has 0 bridgehead atoms. The minimum absolute atomic E-state index is 0.206. The van der Waals surface area contributed by atoms with E-state index in [9.17, 15) is 8.42 Å². The van der Waals surface area contributed by atoms with Crippen LogP contribution in [0.5, 0.6) is 5.75 Å². The molecule has 1 saturated heterocycles. The van der Waals surface area contributed by atoms with Gasteiger partial charge in [0.25, 0.3) is 0 Å². The Morgan fingerprint density at radius 3 is 2.60 bits per heavy atom. The zero-order chi connectivity index (χ0) is 17.6. The average Bonchev–Trinajstić information content (AvgIpc) is 2.91. The van der Waals surface area contributed by atoms with E-state index in [0.717, 1.165) is 28.7 Å². The molecular weight excluding hydrogens is 356 g/mol. The molecule has 0 saturated carbocycles. The molecular formula is C18H18N2O3S2. The van der Waals surface area contributed by atoms with E-state index in [2.05, 4.69) is 9.80 Å². The predicted octanol–water partition coefficient (Wildman–Crippen LogP) is 2.46. The van der Waals surface area contributed by atoms with Crippen LogP contribution in [-0.4, -0.2) is 43.9 Å². The van der Waals surface area contributed by atoms with Crippen LogP contribution in [0.1, 0.15) is 5.56 Å². The van der Waals surface area contributed by atoms with E-state index in [-0.39, 0.29) is 6.04 Å². The summed E-state index contributed by atoms with van der Waals surface area (Å²) in [4.78, 5) is 4.64. The summed E-state index contributed by atoms with van der Waals surface area (Å²) in [6, 6.07) is 15.1. The third-order valence-corrected chi connectivity index (χ3v) is 6.14. The van der Waals surface area contributed by atoms with Crippen LogP contribution in [-0.2, 0) is 16.4 Å². The van der Waals surface area contributed by atoms with Crippen molar-refractivity contribution < 1.29 is 13.2 Å². The molecule has 1 atom stereocenters. The number of anilines is 1. The topological polar surface area (TPSA) is 49.9 Å². The fraction of sp³-hybridized carbons (Fsp3) is 0.278. The smallest absolute Gasteiger partial charge is 0.177 e. The highest BCUT2D eigenvalue weighted by Gasteiger charge is 2.39. The number of ether oxygens (including phenoxy) is 1. The number of nitrogens with zero attached hydrogens (tertiary/aromatic N) is 2. The molecule has 25 heavy (non-hydrogen) atoms. The monoisotopic (exact) mass is 374 g/mol. The summed E-state index contributed by atoms with van der Waals surface area (Å²) >= 11 is 5.70. The van der Waals surface area contributed by atoms with Crippen molar-refractivity contribution in [2.24, 2.45) is 0 Å². The highest BCUT2D eigenvalue weighted by molar-refractivity contribution is 7.90. The van der Waals surface area contributed by atoms with E-state index in [4.69, 9.17) is 17.0 Å². The minimum atomic E-state index is -3.17. The largest absolute Gasteiger partial charge is 0.489 e. The molecule has 4 rings (SSSR count). The highest BCUT2D eigenvalue weighted by Crippen LogP contribution is 2.37. The summed E-state index contributed by atoms with van der Waals surface area (Å²) in [6.45, 7) is 2.06. The van der Waals surface area contributed by atoms with Crippen molar-refractivity contribution in [1.82, 2.24) is 4.90 Å². The second kappa shape index (κ2) is 6.00. The minimum Gasteiger partial charge on any atom is -0.489 e. The fourth-order valence-corrected chi connectivity index (χ4v) is 4.33. The Bertz CT molecular complexity index is 926. The van der Waals surface area contributed by atoms with Crippen molar-refractivity contribution in [3.8, 4) is 5.75 Å². The van der Waals surface area contributed by atoms with Crippen molar-refractivity contribution in [3.63, 3.8) is 0 Å². The lowest BCUT2D eigenvalue weighted by Gasteiger charge is -2.31. The van der Waals surface area contributed by atoms with Crippen molar-refractivity contribution in [2.45, 2.75) is 17.5 Å². The standard InChI is InChI=1S/C18H18N2O3S2/c1-25(21,22)15-8-6-13(7-9-15)10-19-11-14-12-23-17-5-3-2-4-16(17)20(14)18(19)24/h2-9,14H,10-12H2,1H3. The maximum Gasteiger partial charge on any atom is 0.177 e. The van der Waals surface area contributed by atoms with Crippen molar-refractivity contribution >= 4 is 32.9 Å². The first-order valence-electron chi connectivity index (χ1n) is 8.02. The molecule has 0 N–H and O–H groups in total. The molecule has 0 amide bonds. The SMILES string of the molecule is CS(=O)(=O)c1ccc(CN2CC3COc4ccccc4N3C2=S)cc1. The van der Waals surface area contributed by atoms with Gasteiger partial charge in [0.2, 0.25) is 0 Å². The number of rotatable bonds is 3. The number of benzene rings is 2. The molecule has 1 unspecified atom stereocenters. The molecule has 130 valence electrons. The number of para-hydroxylation sites is 2. The van der Waals surface area contributed by atoms with Gasteiger partial charge in [-0.05, 0) is 42.0 Å². The highest BCUT2D eigenvalue weighted by atomic mass is 32.2. The maximum absolute atomic E-state index is 11.6. The summed E-state index contributed by atoms with van der Waals surface area (Å²) in [5.41, 5.74) is 2.04. The molecule has 2 aliphatic rings. The normalized spacial score (nSPS) is 19.4. The zero-order valence-electron chi connectivity index (χ0n) is 13.8. The van der Waals surface area contributed by atoms with Gasteiger partial charge in [0.1, 0.15) is 12.4 Å². The van der Waals surface area contributed by atoms with Gasteiger partial charge in [0, 0.05) is 19.3 Å². The van der Waals surface area contributed by atoms with Crippen LogP contribution in [0.25, 0.3) is 0 Å². The number of hydrogen-bond donors (Lipinski definition) is 0. The molecule has 1 fully saturated rings. The van der Waals surface area contributed by atoms with Gasteiger partial charge in [-0.3, -0.25) is 0 Å². The average molecular weight is 374 g/mol. The van der Waals surface area contributed by atoms with Gasteiger partial charge in [0.15, 0.2) is 14.9 Å². The van der Waals surface area contributed by atoms with Gasteiger partial charge in [-0.15, -0.1) is 0 Å². The van der Waals surface area contributed by atoms with Gasteiger partial charge in [-0.25, -0.2) is 8.42 Å². The quantitative estimate of drug-likeness (QED) is 0.770. The van der Waals surface area contributed by atoms with Gasteiger partial charge >= 0.3 is 0 Å². The predicted molar refractivity (Wildman–Crippen MR) is 101 cm³/mol. The molecule has 2 aromatic rings. The molecule has 5 nitrogen and oxygen atoms in total. The van der Waals surface area contributed by atoms with E-state index in [1.54, 1.807) is 12.1 Å². The number of fused-ring (bicyclic) bond motifs is 3. The van der Waals surface area contributed by atoms with Crippen molar-refractivity contribution in [1.29, 1.82) is 0 Å². The molecule has 7 heteroatoms. The van der Waals surface area contributed by atoms with Crippen LogP contribution in [0.2, 0.25) is 0 Å². The molecule has 0 aliphatic carbocycles. The summed E-state index contributed by atoms with van der Waals surface area (Å²) in [7, 11) is -3.17. The second-order valence-electron chi connectivity index (χ2n) is 6.38. The Labute approximate surface area is 152 Å². The Balaban J connectivity index is 1.55. The number of hydrogen-bond acceptors (Lipinski definition) is 4. The summed E-state index contributed by atoms with van der Waals surface area (Å²) < 4.78 is 29.0. The van der Waals surface area contributed by atoms with Crippen LogP contribution in [0.4, 0.5) is 5.69 Å². The van der Waals surface area contributed by atoms with Gasteiger partial charge in [-0.2, -0.15) is 0 Å². The van der Waals surface area contributed by atoms with Crippen LogP contribution >= 0.6 is 12.2 Å². The van der Waals surface area contributed by atoms with E-state index >= 15 is 0 Å². The van der Waals surface area contributed by atoms with E-state index in [0.29, 0.717) is 18.0 Å². The lowest BCUT2D eigenvalue weighted by molar-refractivity contribution is 0.266. The maximum atomic E-state index is 11.6. The first kappa shape index (κ1) is 16.4. The second-order valence-corrected chi connectivity index (χ2v) is 8.76. The Hall–Kier alpha value is -2.12. The third kappa shape index (κ3) is 2.98. The lowest BCUT2D eigenvalue weighted by atomic mass is 10.2. The van der Waals surface area contributed by atoms with E-state index < -0.39 is 9.84 Å². The van der Waals surface area contributed by atoms with E-state index in [1.165, 1.54) is 6.26 Å². The Kier molecular flexibility index (Phi) is 3.92. The van der Waals surface area contributed by atoms with Gasteiger partial charge in [-0.1, -0.05) is 24.3 Å². The van der Waals surface area contributed by atoms with Crippen LogP contribution in [0.3, 0.4) is 0 Å². The first-order valence-corrected chi connectivity index (χ1v) is 10.3. The first-order chi connectivity index (χ1) is 11.9. The summed E-state index contributed by atoms with van der Waals surface area (Å²) in [5.74, 6) is 0.862. The van der Waals surface area contributed by atoms with E-state index in [1.807, 2.05) is 36.4 Å². The van der Waals surface area contributed by atoms with Gasteiger partial charge in [0.05, 0.1) is 16.6 Å². The zero-order valence-corrected chi connectivity index (χ0v) is 15.4. The van der Waals surface area contributed by atoms with Crippen LogP contribution < -0.4 is 9.64 Å². The van der Waals surface area contributed by atoms with Crippen LogP contribution in [0, 0.1) is 0 Å². The van der Waals surface area contributed by atoms with Crippen molar-refractivity contribution in [3.05, 3.63) is 54.1 Å². The Morgan fingerprint density at radius 1 is 1.16 bits per heavy atom. The molecule has 0 spiro atoms. The molecule has 2 aliphatic heterocycles. The molecule has 2 heterocycles. The summed E-state index contributed by atoms with van der Waals surface area (Å²) in [6.07, 6.45) is 1.22. The number of sulfone groups is 1.